The number of hydrogen-bond donors (Lipinski definition) is 0. The fraction of sp³-hybridized carbons (Fsp3) is 0.455. The molecule has 2 rings (SSSR count). The number of para-hydroxylation sites is 2. The minimum Gasteiger partial charge on any atom is -0.870 e. The molecule has 1 N–H and O–H groups in total. The van der Waals surface area contributed by atoms with Crippen molar-refractivity contribution in [3.63, 3.8) is 0 Å². The zero-order valence-electron chi connectivity index (χ0n) is 15.3. The minimum absolute atomic E-state index is 0. The Morgan fingerprint density at radius 2 is 1.08 bits per heavy atom. The van der Waals surface area contributed by atoms with Crippen LogP contribution in [-0.2, 0) is 0 Å². The Labute approximate surface area is 148 Å². The minimum atomic E-state index is 0. The molecule has 2 aromatic rings. The smallest absolute Gasteiger partial charge is 0.137 e. The highest BCUT2D eigenvalue weighted by Gasteiger charge is 2.30. The van der Waals surface area contributed by atoms with Crippen molar-refractivity contribution in [2.24, 2.45) is 0 Å². The van der Waals surface area contributed by atoms with Crippen LogP contribution in [0.4, 0.5) is 11.4 Å². The van der Waals surface area contributed by atoms with Gasteiger partial charge in [0.1, 0.15) is 11.4 Å². The van der Waals surface area contributed by atoms with Crippen molar-refractivity contribution in [3.8, 4) is 0 Å². The molecule has 0 aliphatic heterocycles. The SMILES string of the molecule is CCCCCCCC[N+](CC)(c1ccccc1)c1ccccc1.[OH-]. The van der Waals surface area contributed by atoms with Crippen LogP contribution in [0.1, 0.15) is 52.4 Å². The van der Waals surface area contributed by atoms with E-state index in [0.717, 1.165) is 11.0 Å². The molecule has 0 amide bonds. The van der Waals surface area contributed by atoms with Crippen LogP contribution < -0.4 is 4.48 Å². The number of nitrogens with zero attached hydrogens (tertiary/aromatic N) is 1. The van der Waals surface area contributed by atoms with Crippen LogP contribution in [0.2, 0.25) is 0 Å². The summed E-state index contributed by atoms with van der Waals surface area (Å²) in [6, 6.07) is 22.0. The molecule has 0 bridgehead atoms. The Kier molecular flexibility index (Phi) is 9.36. The van der Waals surface area contributed by atoms with E-state index in [4.69, 9.17) is 0 Å². The Morgan fingerprint density at radius 1 is 0.625 bits per heavy atom. The highest BCUT2D eigenvalue weighted by Crippen LogP contribution is 2.34. The van der Waals surface area contributed by atoms with E-state index in [0.29, 0.717) is 0 Å². The summed E-state index contributed by atoms with van der Waals surface area (Å²) in [7, 11) is 0. The second-order valence-electron chi connectivity index (χ2n) is 6.45. The zero-order chi connectivity index (χ0) is 16.4. The molecule has 2 aromatic carbocycles. The lowest BCUT2D eigenvalue weighted by Gasteiger charge is -2.37. The third-order valence-electron chi connectivity index (χ3n) is 4.93. The first-order chi connectivity index (χ1) is 11.3. The van der Waals surface area contributed by atoms with Crippen molar-refractivity contribution in [1.29, 1.82) is 0 Å². The molecule has 0 spiro atoms. The molecule has 0 aromatic heterocycles. The lowest BCUT2D eigenvalue weighted by molar-refractivity contribution is 0.383. The van der Waals surface area contributed by atoms with Crippen molar-refractivity contribution in [1.82, 2.24) is 4.48 Å². The number of benzene rings is 2. The Hall–Kier alpha value is -1.64. The molecule has 2 nitrogen and oxygen atoms in total. The van der Waals surface area contributed by atoms with Gasteiger partial charge in [-0.15, -0.1) is 0 Å². The van der Waals surface area contributed by atoms with Crippen LogP contribution in [0, 0.1) is 0 Å². The highest BCUT2D eigenvalue weighted by atomic mass is 16.0. The normalized spacial score (nSPS) is 11.1. The molecule has 0 aliphatic rings. The van der Waals surface area contributed by atoms with Gasteiger partial charge in [-0.3, -0.25) is 4.48 Å². The summed E-state index contributed by atoms with van der Waals surface area (Å²) in [6.07, 6.45) is 8.11. The van der Waals surface area contributed by atoms with Crippen LogP contribution in [0.5, 0.6) is 0 Å². The maximum absolute atomic E-state index is 2.32. The average molecular weight is 328 g/mol. The van der Waals surface area contributed by atoms with E-state index in [1.165, 1.54) is 56.4 Å². The maximum atomic E-state index is 2.32. The number of quaternary nitrogens is 1. The molecule has 0 heterocycles. The second-order valence-corrected chi connectivity index (χ2v) is 6.45. The molecule has 0 fully saturated rings. The van der Waals surface area contributed by atoms with Crippen molar-refractivity contribution >= 4 is 11.4 Å². The molecule has 0 atom stereocenters. The van der Waals surface area contributed by atoms with E-state index in [-0.39, 0.29) is 5.48 Å². The van der Waals surface area contributed by atoms with E-state index in [2.05, 4.69) is 74.5 Å². The molecular formula is C22H33NO. The largest absolute Gasteiger partial charge is 0.870 e. The third kappa shape index (κ3) is 5.19. The van der Waals surface area contributed by atoms with Gasteiger partial charge < -0.3 is 5.48 Å². The molecule has 0 saturated carbocycles. The van der Waals surface area contributed by atoms with Gasteiger partial charge in [0.15, 0.2) is 0 Å². The van der Waals surface area contributed by atoms with E-state index in [1.807, 2.05) is 0 Å². The topological polar surface area (TPSA) is 30.0 Å². The lowest BCUT2D eigenvalue weighted by atomic mass is 10.1. The maximum Gasteiger partial charge on any atom is 0.137 e. The molecule has 0 saturated heterocycles. The van der Waals surface area contributed by atoms with Crippen LogP contribution in [0.15, 0.2) is 60.7 Å². The van der Waals surface area contributed by atoms with E-state index >= 15 is 0 Å². The quantitative estimate of drug-likeness (QED) is 0.360. The summed E-state index contributed by atoms with van der Waals surface area (Å²) in [5.41, 5.74) is 2.82. The van der Waals surface area contributed by atoms with Gasteiger partial charge in [0.2, 0.25) is 0 Å². The second kappa shape index (κ2) is 11.0. The number of rotatable bonds is 10. The van der Waals surface area contributed by atoms with Crippen LogP contribution in [0.3, 0.4) is 0 Å². The van der Waals surface area contributed by atoms with Gasteiger partial charge in [-0.1, -0.05) is 69.0 Å². The van der Waals surface area contributed by atoms with Crippen molar-refractivity contribution in [2.75, 3.05) is 13.1 Å². The van der Waals surface area contributed by atoms with Gasteiger partial charge in [-0.25, -0.2) is 0 Å². The predicted octanol–water partition coefficient (Wildman–Crippen LogP) is 6.53. The fourth-order valence-corrected chi connectivity index (χ4v) is 3.52. The Morgan fingerprint density at radius 3 is 1.54 bits per heavy atom. The molecule has 2 heteroatoms. The van der Waals surface area contributed by atoms with Gasteiger partial charge in [-0.2, -0.15) is 0 Å². The van der Waals surface area contributed by atoms with E-state index in [9.17, 15) is 0 Å². The van der Waals surface area contributed by atoms with Gasteiger partial charge in [0, 0.05) is 0 Å². The summed E-state index contributed by atoms with van der Waals surface area (Å²) < 4.78 is 0.968. The summed E-state index contributed by atoms with van der Waals surface area (Å²) in [4.78, 5) is 0. The van der Waals surface area contributed by atoms with Crippen molar-refractivity contribution < 1.29 is 5.48 Å². The van der Waals surface area contributed by atoms with Gasteiger partial charge in [0.05, 0.1) is 13.1 Å². The molecule has 0 unspecified atom stereocenters. The van der Waals surface area contributed by atoms with Gasteiger partial charge in [-0.05, 0) is 44.0 Å². The summed E-state index contributed by atoms with van der Waals surface area (Å²) in [5, 5.41) is 0. The lowest BCUT2D eigenvalue weighted by Crippen LogP contribution is -2.44. The van der Waals surface area contributed by atoms with Crippen LogP contribution in [-0.4, -0.2) is 18.6 Å². The number of unbranched alkanes of at least 4 members (excludes halogenated alkanes) is 5. The highest BCUT2D eigenvalue weighted by molar-refractivity contribution is 5.58. The first-order valence-electron chi connectivity index (χ1n) is 9.32. The zero-order valence-corrected chi connectivity index (χ0v) is 15.3. The number of hydrogen-bond acceptors (Lipinski definition) is 1. The molecular weight excluding hydrogens is 294 g/mol. The van der Waals surface area contributed by atoms with Crippen LogP contribution in [0.25, 0.3) is 0 Å². The molecule has 0 radical (unpaired) electrons. The van der Waals surface area contributed by atoms with Crippen LogP contribution >= 0.6 is 0 Å². The fourth-order valence-electron chi connectivity index (χ4n) is 3.52. The van der Waals surface area contributed by atoms with Crippen molar-refractivity contribution in [3.05, 3.63) is 60.7 Å². The summed E-state index contributed by atoms with van der Waals surface area (Å²) >= 11 is 0. The van der Waals surface area contributed by atoms with Gasteiger partial charge >= 0.3 is 0 Å². The Balaban J connectivity index is 0.00000288. The average Bonchev–Trinajstić information content (AvgIpc) is 2.63. The van der Waals surface area contributed by atoms with E-state index < -0.39 is 0 Å². The van der Waals surface area contributed by atoms with E-state index in [1.54, 1.807) is 0 Å². The molecule has 132 valence electrons. The molecule has 0 aliphatic carbocycles. The Bertz CT molecular complexity index is 499. The monoisotopic (exact) mass is 327 g/mol. The predicted molar refractivity (Wildman–Crippen MR) is 105 cm³/mol. The van der Waals surface area contributed by atoms with Gasteiger partial charge in [0.25, 0.3) is 0 Å². The third-order valence-corrected chi connectivity index (χ3v) is 4.93. The summed E-state index contributed by atoms with van der Waals surface area (Å²) in [5.74, 6) is 0. The van der Waals surface area contributed by atoms with Crippen molar-refractivity contribution in [2.45, 2.75) is 52.4 Å². The first kappa shape index (κ1) is 20.4. The standard InChI is InChI=1S/C22H32N.H2O/c1-3-5-6-7-8-15-20-23(4-2,21-16-11-9-12-17-21)22-18-13-10-14-19-22;/h9-14,16-19H,3-8,15,20H2,1-2H3;1H2/q+1;/p-1. The summed E-state index contributed by atoms with van der Waals surface area (Å²) in [6.45, 7) is 6.89. The molecule has 24 heavy (non-hydrogen) atoms. The first-order valence-corrected chi connectivity index (χ1v) is 9.32.